The van der Waals surface area contributed by atoms with Gasteiger partial charge >= 0.3 is 0 Å². The van der Waals surface area contributed by atoms with Gasteiger partial charge in [0.25, 0.3) is 0 Å². The van der Waals surface area contributed by atoms with Crippen molar-refractivity contribution in [2.24, 2.45) is 0 Å². The average Bonchev–Trinajstić information content (AvgIpc) is 3.15. The number of hydrogen-bond donors (Lipinski definition) is 2. The number of carbonyl (C=O) groups excluding carboxylic acids is 1. The molecule has 0 atom stereocenters. The molecule has 1 amide bonds. The lowest BCUT2D eigenvalue weighted by Crippen LogP contribution is -2.11. The standard InChI is InChI=1S/C24H23N3O/c1-17-8-5-14-21-23(17)27-24(26-21)19-12-7-13-20(16-19)25-22(28)15-6-11-18-9-3-2-4-10-18/h2-5,7-10,12-14,16H,6,11,15H2,1H3,(H,25,28)(H,26,27). The molecule has 140 valence electrons. The highest BCUT2D eigenvalue weighted by atomic mass is 16.1. The van der Waals surface area contributed by atoms with Gasteiger partial charge in [0.05, 0.1) is 11.0 Å². The number of anilines is 1. The summed E-state index contributed by atoms with van der Waals surface area (Å²) in [6.07, 6.45) is 2.24. The molecule has 4 aromatic rings. The molecule has 0 bridgehead atoms. The Bertz CT molecular complexity index is 1100. The summed E-state index contributed by atoms with van der Waals surface area (Å²) in [6.45, 7) is 2.05. The number of hydrogen-bond acceptors (Lipinski definition) is 2. The van der Waals surface area contributed by atoms with Gasteiger partial charge in [-0.3, -0.25) is 4.79 Å². The van der Waals surface area contributed by atoms with Gasteiger partial charge in [-0.05, 0) is 49.1 Å². The summed E-state index contributed by atoms with van der Waals surface area (Å²) in [5.41, 5.74) is 6.15. The molecule has 28 heavy (non-hydrogen) atoms. The Hall–Kier alpha value is -3.40. The zero-order chi connectivity index (χ0) is 19.3. The minimum absolute atomic E-state index is 0.0357. The Morgan fingerprint density at radius 3 is 2.64 bits per heavy atom. The highest BCUT2D eigenvalue weighted by molar-refractivity contribution is 5.91. The highest BCUT2D eigenvalue weighted by Crippen LogP contribution is 2.24. The largest absolute Gasteiger partial charge is 0.338 e. The molecule has 0 fully saturated rings. The van der Waals surface area contributed by atoms with Gasteiger partial charge in [0.15, 0.2) is 0 Å². The van der Waals surface area contributed by atoms with E-state index in [1.165, 1.54) is 5.56 Å². The predicted octanol–water partition coefficient (Wildman–Crippen LogP) is 5.50. The van der Waals surface area contributed by atoms with Gasteiger partial charge in [-0.1, -0.05) is 54.6 Å². The lowest BCUT2D eigenvalue weighted by atomic mass is 10.1. The quantitative estimate of drug-likeness (QED) is 0.471. The SMILES string of the molecule is Cc1cccc2[nH]c(-c3cccc(NC(=O)CCCc4ccccc4)c3)nc12. The first-order valence-corrected chi connectivity index (χ1v) is 9.58. The average molecular weight is 369 g/mol. The Morgan fingerprint density at radius 1 is 1.00 bits per heavy atom. The minimum atomic E-state index is 0.0357. The molecule has 0 aliphatic rings. The fraction of sp³-hybridized carbons (Fsp3) is 0.167. The number of aromatic amines is 1. The van der Waals surface area contributed by atoms with E-state index in [1.807, 2.05) is 54.6 Å². The summed E-state index contributed by atoms with van der Waals surface area (Å²) in [6, 6.07) is 24.2. The number of amides is 1. The molecule has 0 radical (unpaired) electrons. The van der Waals surface area contributed by atoms with Crippen LogP contribution in [0.25, 0.3) is 22.4 Å². The monoisotopic (exact) mass is 369 g/mol. The first-order valence-electron chi connectivity index (χ1n) is 9.58. The van der Waals surface area contributed by atoms with Crippen molar-refractivity contribution in [2.45, 2.75) is 26.2 Å². The third-order valence-corrected chi connectivity index (χ3v) is 4.85. The van der Waals surface area contributed by atoms with E-state index in [-0.39, 0.29) is 5.91 Å². The van der Waals surface area contributed by atoms with E-state index in [1.54, 1.807) is 0 Å². The number of benzene rings is 3. The van der Waals surface area contributed by atoms with E-state index in [2.05, 4.69) is 35.4 Å². The van der Waals surface area contributed by atoms with Crippen LogP contribution in [-0.4, -0.2) is 15.9 Å². The summed E-state index contributed by atoms with van der Waals surface area (Å²) >= 11 is 0. The molecule has 2 N–H and O–H groups in total. The molecule has 1 aromatic heterocycles. The fourth-order valence-electron chi connectivity index (χ4n) is 3.38. The number of H-pyrrole nitrogens is 1. The normalized spacial score (nSPS) is 10.9. The first-order chi connectivity index (χ1) is 13.7. The van der Waals surface area contributed by atoms with Gasteiger partial charge < -0.3 is 10.3 Å². The molecule has 0 aliphatic heterocycles. The Balaban J connectivity index is 1.41. The van der Waals surface area contributed by atoms with Gasteiger partial charge in [0, 0.05) is 17.7 Å². The van der Waals surface area contributed by atoms with Crippen molar-refractivity contribution in [1.29, 1.82) is 0 Å². The molecule has 0 saturated heterocycles. The van der Waals surface area contributed by atoms with Crippen molar-refractivity contribution in [3.8, 4) is 11.4 Å². The number of para-hydroxylation sites is 1. The van der Waals surface area contributed by atoms with Crippen LogP contribution in [0.4, 0.5) is 5.69 Å². The molecule has 4 heteroatoms. The third-order valence-electron chi connectivity index (χ3n) is 4.85. The number of nitrogens with one attached hydrogen (secondary N) is 2. The number of carbonyl (C=O) groups is 1. The van der Waals surface area contributed by atoms with Crippen molar-refractivity contribution < 1.29 is 4.79 Å². The molecule has 0 unspecified atom stereocenters. The molecular formula is C24H23N3O. The van der Waals surface area contributed by atoms with Crippen LogP contribution in [0.15, 0.2) is 72.8 Å². The summed E-state index contributed by atoms with van der Waals surface area (Å²) in [5, 5.41) is 3.00. The van der Waals surface area contributed by atoms with Crippen molar-refractivity contribution in [3.63, 3.8) is 0 Å². The molecule has 0 aliphatic carbocycles. The summed E-state index contributed by atoms with van der Waals surface area (Å²) in [5.74, 6) is 0.845. The fourth-order valence-corrected chi connectivity index (χ4v) is 3.38. The number of rotatable bonds is 6. The van der Waals surface area contributed by atoms with Gasteiger partial charge in [0.1, 0.15) is 5.82 Å². The maximum atomic E-state index is 12.3. The second-order valence-electron chi connectivity index (χ2n) is 7.02. The molecule has 0 saturated carbocycles. The van der Waals surface area contributed by atoms with Gasteiger partial charge in [-0.2, -0.15) is 0 Å². The maximum absolute atomic E-state index is 12.3. The second kappa shape index (κ2) is 8.09. The van der Waals surface area contributed by atoms with Crippen molar-refractivity contribution >= 4 is 22.6 Å². The number of imidazole rings is 1. The van der Waals surface area contributed by atoms with E-state index in [0.29, 0.717) is 6.42 Å². The number of nitrogens with zero attached hydrogens (tertiary/aromatic N) is 1. The van der Waals surface area contributed by atoms with Crippen LogP contribution in [0.3, 0.4) is 0 Å². The Kier molecular flexibility index (Phi) is 5.20. The molecule has 4 nitrogen and oxygen atoms in total. The molecule has 1 heterocycles. The smallest absolute Gasteiger partial charge is 0.224 e. The summed E-state index contributed by atoms with van der Waals surface area (Å²) in [4.78, 5) is 20.4. The lowest BCUT2D eigenvalue weighted by molar-refractivity contribution is -0.116. The van der Waals surface area contributed by atoms with E-state index in [0.717, 1.165) is 46.5 Å². The predicted molar refractivity (Wildman–Crippen MR) is 114 cm³/mol. The van der Waals surface area contributed by atoms with Crippen LogP contribution in [-0.2, 0) is 11.2 Å². The number of aryl methyl sites for hydroxylation is 2. The van der Waals surface area contributed by atoms with Crippen molar-refractivity contribution in [1.82, 2.24) is 9.97 Å². The Morgan fingerprint density at radius 2 is 1.82 bits per heavy atom. The Labute approximate surface area is 164 Å². The van der Waals surface area contributed by atoms with Crippen LogP contribution in [0.5, 0.6) is 0 Å². The number of fused-ring (bicyclic) bond motifs is 1. The van der Waals surface area contributed by atoms with Gasteiger partial charge in [-0.25, -0.2) is 4.98 Å². The molecule has 4 rings (SSSR count). The highest BCUT2D eigenvalue weighted by Gasteiger charge is 2.09. The van der Waals surface area contributed by atoms with Crippen molar-refractivity contribution in [3.05, 3.63) is 83.9 Å². The topological polar surface area (TPSA) is 57.8 Å². The van der Waals surface area contributed by atoms with Gasteiger partial charge in [0.2, 0.25) is 5.91 Å². The molecule has 3 aromatic carbocycles. The van der Waals surface area contributed by atoms with E-state index in [4.69, 9.17) is 4.98 Å². The molecular weight excluding hydrogens is 346 g/mol. The van der Waals surface area contributed by atoms with Crippen LogP contribution in [0.1, 0.15) is 24.0 Å². The summed E-state index contributed by atoms with van der Waals surface area (Å²) < 4.78 is 0. The maximum Gasteiger partial charge on any atom is 0.224 e. The zero-order valence-electron chi connectivity index (χ0n) is 15.9. The minimum Gasteiger partial charge on any atom is -0.338 e. The lowest BCUT2D eigenvalue weighted by Gasteiger charge is -2.07. The van der Waals surface area contributed by atoms with Crippen LogP contribution in [0.2, 0.25) is 0 Å². The summed E-state index contributed by atoms with van der Waals surface area (Å²) in [7, 11) is 0. The van der Waals surface area contributed by atoms with E-state index in [9.17, 15) is 4.79 Å². The van der Waals surface area contributed by atoms with Crippen molar-refractivity contribution in [2.75, 3.05) is 5.32 Å². The van der Waals surface area contributed by atoms with Gasteiger partial charge in [-0.15, -0.1) is 0 Å². The molecule has 0 spiro atoms. The van der Waals surface area contributed by atoms with E-state index >= 15 is 0 Å². The zero-order valence-corrected chi connectivity index (χ0v) is 15.9. The van der Waals surface area contributed by atoms with Crippen LogP contribution >= 0.6 is 0 Å². The van der Waals surface area contributed by atoms with Crippen LogP contribution in [0, 0.1) is 6.92 Å². The number of aromatic nitrogens is 2. The third kappa shape index (κ3) is 4.12. The first kappa shape index (κ1) is 18.0. The van der Waals surface area contributed by atoms with E-state index < -0.39 is 0 Å². The van der Waals surface area contributed by atoms with Crippen LogP contribution < -0.4 is 5.32 Å². The second-order valence-corrected chi connectivity index (χ2v) is 7.02.